The van der Waals surface area contributed by atoms with Gasteiger partial charge in [0.25, 0.3) is 0 Å². The predicted molar refractivity (Wildman–Crippen MR) is 149 cm³/mol. The molecule has 0 unspecified atom stereocenters. The van der Waals surface area contributed by atoms with E-state index in [1.165, 1.54) is 25.7 Å². The first-order valence-electron chi connectivity index (χ1n) is 15.0. The molecular weight excluding hydrogens is 478 g/mol. The molecule has 1 amide bonds. The molecule has 0 spiro atoms. The molecule has 0 radical (unpaired) electrons. The highest BCUT2D eigenvalue weighted by molar-refractivity contribution is 5.92. The lowest BCUT2D eigenvalue weighted by molar-refractivity contribution is -0.174. The molecule has 4 fully saturated rings. The van der Waals surface area contributed by atoms with Gasteiger partial charge in [0.15, 0.2) is 0 Å². The molecule has 0 aliphatic heterocycles. The van der Waals surface area contributed by atoms with Crippen molar-refractivity contribution in [3.8, 4) is 11.5 Å². The Balaban J connectivity index is 1.23. The Bertz CT molecular complexity index is 1010. The standard InChI is InChI=1S/C32H49NO5/c1-19(6-11-29(36)33-26-18-22(37-4)7-10-28(26)38-5)23-8-9-24-30-25(13-15-32(23,24)3)31(2)14-12-21(34)16-20(31)17-27(30)35/h7,10,18-21,23-25,27,30,34-35H,6,8-9,11-17H2,1-5H3,(H,33,36)/t19-,20+,21-,23-,24+,25+,27+,30+,31+,32-/m1/s1. The van der Waals surface area contributed by atoms with Gasteiger partial charge in [0.2, 0.25) is 5.91 Å². The highest BCUT2D eigenvalue weighted by atomic mass is 16.5. The van der Waals surface area contributed by atoms with Gasteiger partial charge in [-0.2, -0.15) is 0 Å². The molecule has 0 saturated heterocycles. The van der Waals surface area contributed by atoms with Gasteiger partial charge < -0.3 is 25.0 Å². The van der Waals surface area contributed by atoms with E-state index >= 15 is 0 Å². The molecule has 10 atom stereocenters. The third kappa shape index (κ3) is 4.74. The van der Waals surface area contributed by atoms with Crippen molar-refractivity contribution in [3.63, 3.8) is 0 Å². The van der Waals surface area contributed by atoms with Crippen LogP contribution >= 0.6 is 0 Å². The van der Waals surface area contributed by atoms with Crippen LogP contribution in [-0.2, 0) is 4.79 Å². The number of fused-ring (bicyclic) bond motifs is 5. The lowest BCUT2D eigenvalue weighted by atomic mass is 9.43. The first kappa shape index (κ1) is 27.8. The molecule has 6 heteroatoms. The molecular formula is C32H49NO5. The fourth-order valence-corrected chi connectivity index (χ4v) is 9.86. The summed E-state index contributed by atoms with van der Waals surface area (Å²) < 4.78 is 10.7. The van der Waals surface area contributed by atoms with Crippen LogP contribution in [-0.4, -0.2) is 42.5 Å². The number of aliphatic hydroxyl groups excluding tert-OH is 2. The molecule has 1 aromatic carbocycles. The maximum absolute atomic E-state index is 12.9. The van der Waals surface area contributed by atoms with E-state index < -0.39 is 0 Å². The second-order valence-electron chi connectivity index (χ2n) is 13.6. The summed E-state index contributed by atoms with van der Waals surface area (Å²) in [6, 6.07) is 5.43. The minimum Gasteiger partial charge on any atom is -0.497 e. The maximum atomic E-state index is 12.9. The molecule has 4 aliphatic rings. The van der Waals surface area contributed by atoms with E-state index in [2.05, 4.69) is 26.1 Å². The van der Waals surface area contributed by atoms with Gasteiger partial charge in [-0.05, 0) is 116 Å². The number of carbonyl (C=O) groups is 1. The molecule has 4 aliphatic carbocycles. The minimum absolute atomic E-state index is 0.00738. The molecule has 4 saturated carbocycles. The summed E-state index contributed by atoms with van der Waals surface area (Å²) in [7, 11) is 3.22. The van der Waals surface area contributed by atoms with Crippen molar-refractivity contribution in [2.45, 2.75) is 97.2 Å². The summed E-state index contributed by atoms with van der Waals surface area (Å²) in [5.41, 5.74) is 1.13. The van der Waals surface area contributed by atoms with E-state index in [1.807, 2.05) is 12.1 Å². The highest BCUT2D eigenvalue weighted by Crippen LogP contribution is 2.68. The molecule has 212 valence electrons. The Kier molecular flexibility index (Phi) is 7.78. The van der Waals surface area contributed by atoms with Gasteiger partial charge in [0, 0.05) is 12.5 Å². The van der Waals surface area contributed by atoms with Crippen molar-refractivity contribution in [1.29, 1.82) is 0 Å². The zero-order valence-corrected chi connectivity index (χ0v) is 24.0. The van der Waals surface area contributed by atoms with Gasteiger partial charge in [-0.25, -0.2) is 0 Å². The van der Waals surface area contributed by atoms with Crippen molar-refractivity contribution in [2.24, 2.45) is 46.3 Å². The number of rotatable bonds is 7. The highest BCUT2D eigenvalue weighted by Gasteiger charge is 2.62. The molecule has 6 nitrogen and oxygen atoms in total. The number of nitrogens with one attached hydrogen (secondary N) is 1. The van der Waals surface area contributed by atoms with Crippen molar-refractivity contribution >= 4 is 11.6 Å². The number of carbonyl (C=O) groups excluding carboxylic acids is 1. The number of amides is 1. The molecule has 1 aromatic rings. The van der Waals surface area contributed by atoms with Gasteiger partial charge in [-0.1, -0.05) is 20.8 Å². The van der Waals surface area contributed by atoms with Gasteiger partial charge in [-0.15, -0.1) is 0 Å². The molecule has 0 aromatic heterocycles. The summed E-state index contributed by atoms with van der Waals surface area (Å²) in [6.45, 7) is 7.30. The first-order chi connectivity index (χ1) is 18.1. The molecule has 0 heterocycles. The Morgan fingerprint density at radius 1 is 1.03 bits per heavy atom. The van der Waals surface area contributed by atoms with Gasteiger partial charge >= 0.3 is 0 Å². The first-order valence-corrected chi connectivity index (χ1v) is 15.0. The average Bonchev–Trinajstić information content (AvgIpc) is 3.25. The van der Waals surface area contributed by atoms with Gasteiger partial charge in [0.05, 0.1) is 32.1 Å². The fraction of sp³-hybridized carbons (Fsp3) is 0.781. The number of hydrogen-bond acceptors (Lipinski definition) is 5. The largest absolute Gasteiger partial charge is 0.497 e. The Labute approximate surface area is 228 Å². The van der Waals surface area contributed by atoms with E-state index in [-0.39, 0.29) is 28.9 Å². The summed E-state index contributed by atoms with van der Waals surface area (Å²) in [6.07, 6.45) is 9.45. The van der Waals surface area contributed by atoms with Crippen LogP contribution in [0.15, 0.2) is 18.2 Å². The number of benzene rings is 1. The van der Waals surface area contributed by atoms with Crippen LogP contribution in [0, 0.1) is 46.3 Å². The normalized spacial score (nSPS) is 40.9. The van der Waals surface area contributed by atoms with Crippen LogP contribution in [0.5, 0.6) is 11.5 Å². The SMILES string of the molecule is COc1ccc(OC)c(NC(=O)CC[C@@H](C)[C@H]2CC[C@H]3[C@@H]4[C@@H](O)C[C@@H]5C[C@H](O)CC[C@]5(C)[C@H]4CC[C@]23C)c1. The third-order valence-corrected chi connectivity index (χ3v) is 11.9. The monoisotopic (exact) mass is 527 g/mol. The van der Waals surface area contributed by atoms with Gasteiger partial charge in [0.1, 0.15) is 11.5 Å². The second-order valence-corrected chi connectivity index (χ2v) is 13.6. The van der Waals surface area contributed by atoms with Crippen LogP contribution in [0.3, 0.4) is 0 Å². The Morgan fingerprint density at radius 3 is 2.50 bits per heavy atom. The van der Waals surface area contributed by atoms with E-state index in [4.69, 9.17) is 9.47 Å². The lowest BCUT2D eigenvalue weighted by Crippen LogP contribution is -2.58. The number of aliphatic hydroxyl groups is 2. The van der Waals surface area contributed by atoms with Crippen LogP contribution in [0.2, 0.25) is 0 Å². The topological polar surface area (TPSA) is 88.0 Å². The van der Waals surface area contributed by atoms with E-state index in [9.17, 15) is 15.0 Å². The molecule has 38 heavy (non-hydrogen) atoms. The van der Waals surface area contributed by atoms with Crippen molar-refractivity contribution in [3.05, 3.63) is 18.2 Å². The van der Waals surface area contributed by atoms with Crippen molar-refractivity contribution in [1.82, 2.24) is 0 Å². The van der Waals surface area contributed by atoms with E-state index in [0.717, 1.165) is 32.1 Å². The van der Waals surface area contributed by atoms with Gasteiger partial charge in [-0.3, -0.25) is 4.79 Å². The Hall–Kier alpha value is -1.79. The number of ether oxygens (including phenoxy) is 2. The minimum atomic E-state index is -0.245. The maximum Gasteiger partial charge on any atom is 0.224 e. The zero-order chi connectivity index (χ0) is 27.2. The van der Waals surface area contributed by atoms with Crippen molar-refractivity contribution in [2.75, 3.05) is 19.5 Å². The fourth-order valence-electron chi connectivity index (χ4n) is 9.86. The van der Waals surface area contributed by atoms with Crippen LogP contribution in [0.4, 0.5) is 5.69 Å². The summed E-state index contributed by atoms with van der Waals surface area (Å²) in [5, 5.41) is 24.8. The predicted octanol–water partition coefficient (Wildman–Crippen LogP) is 6.05. The Morgan fingerprint density at radius 2 is 1.76 bits per heavy atom. The molecule has 5 rings (SSSR count). The quantitative estimate of drug-likeness (QED) is 0.402. The second kappa shape index (κ2) is 10.6. The summed E-state index contributed by atoms with van der Waals surface area (Å²) in [4.78, 5) is 12.9. The molecule has 3 N–H and O–H groups in total. The summed E-state index contributed by atoms with van der Waals surface area (Å²) >= 11 is 0. The average molecular weight is 528 g/mol. The van der Waals surface area contributed by atoms with Crippen LogP contribution in [0.25, 0.3) is 0 Å². The molecule has 0 bridgehead atoms. The number of hydrogen-bond donors (Lipinski definition) is 3. The zero-order valence-electron chi connectivity index (χ0n) is 24.0. The van der Waals surface area contributed by atoms with E-state index in [0.29, 0.717) is 59.1 Å². The third-order valence-electron chi connectivity index (χ3n) is 11.9. The van der Waals surface area contributed by atoms with Crippen molar-refractivity contribution < 1.29 is 24.5 Å². The van der Waals surface area contributed by atoms with E-state index in [1.54, 1.807) is 20.3 Å². The number of anilines is 1. The van der Waals surface area contributed by atoms with Crippen LogP contribution in [0.1, 0.15) is 85.0 Å². The van der Waals surface area contributed by atoms with Crippen LogP contribution < -0.4 is 14.8 Å². The number of methoxy groups -OCH3 is 2. The summed E-state index contributed by atoms with van der Waals surface area (Å²) in [5.74, 6) is 4.31. The lowest BCUT2D eigenvalue weighted by Gasteiger charge is -2.62. The smallest absolute Gasteiger partial charge is 0.224 e.